The molecule has 32 heavy (non-hydrogen) atoms. The van der Waals surface area contributed by atoms with Crippen LogP contribution in [-0.4, -0.2) is 47.2 Å². The van der Waals surface area contributed by atoms with Crippen molar-refractivity contribution in [2.24, 2.45) is 4.99 Å². The molecule has 0 N–H and O–H groups in total. The maximum Gasteiger partial charge on any atom is 0.228 e. The molecule has 0 aliphatic carbocycles. The largest absolute Gasteiger partial charge is 0.454 e. The summed E-state index contributed by atoms with van der Waals surface area (Å²) in [5.74, 6) is 2.72. The predicted molar refractivity (Wildman–Crippen MR) is 129 cm³/mol. The van der Waals surface area contributed by atoms with Crippen LogP contribution >= 0.6 is 11.3 Å². The minimum atomic E-state index is 0.105. The summed E-state index contributed by atoms with van der Waals surface area (Å²) in [6.45, 7) is 8.44. The van der Waals surface area contributed by atoms with Gasteiger partial charge in [-0.3, -0.25) is 4.79 Å². The molecule has 3 heterocycles. The molecule has 0 spiro atoms. The molecule has 2 aromatic carbocycles. The van der Waals surface area contributed by atoms with E-state index in [-0.39, 0.29) is 11.9 Å². The number of piperazine rings is 1. The van der Waals surface area contributed by atoms with Crippen LogP contribution in [-0.2, 0) is 11.2 Å². The van der Waals surface area contributed by atoms with Crippen LogP contribution in [0.3, 0.4) is 0 Å². The number of ether oxygens (including phenoxy) is 1. The molecule has 0 bridgehead atoms. The third-order valence-electron chi connectivity index (χ3n) is 6.09. The third kappa shape index (κ3) is 4.02. The van der Waals surface area contributed by atoms with E-state index in [0.29, 0.717) is 13.0 Å². The molecule has 3 aromatic rings. The number of carbonyl (C=O) groups excluding carboxylic acids is 1. The van der Waals surface area contributed by atoms with Crippen molar-refractivity contribution >= 4 is 28.8 Å². The Balaban J connectivity index is 1.44. The highest BCUT2D eigenvalue weighted by Crippen LogP contribution is 2.39. The highest BCUT2D eigenvalue weighted by molar-refractivity contribution is 7.10. The van der Waals surface area contributed by atoms with Crippen molar-refractivity contribution in [3.8, 4) is 11.5 Å². The molecular formula is C26H27N3O2S. The van der Waals surface area contributed by atoms with Gasteiger partial charge in [0.25, 0.3) is 0 Å². The lowest BCUT2D eigenvalue weighted by molar-refractivity contribution is -0.134. The quantitative estimate of drug-likeness (QED) is 0.536. The summed E-state index contributed by atoms with van der Waals surface area (Å²) in [4.78, 5) is 23.4. The van der Waals surface area contributed by atoms with E-state index in [1.165, 1.54) is 5.56 Å². The smallest absolute Gasteiger partial charge is 0.228 e. The van der Waals surface area contributed by atoms with Gasteiger partial charge in [-0.15, -0.1) is 11.3 Å². The Morgan fingerprint density at radius 1 is 1.09 bits per heavy atom. The predicted octanol–water partition coefficient (Wildman–Crippen LogP) is 5.32. The van der Waals surface area contributed by atoms with E-state index in [2.05, 4.69) is 43.9 Å². The van der Waals surface area contributed by atoms with E-state index in [1.54, 1.807) is 11.3 Å². The maximum absolute atomic E-state index is 12.9. The first-order valence-electron chi connectivity index (χ1n) is 11.0. The average Bonchev–Trinajstić information content (AvgIpc) is 3.21. The van der Waals surface area contributed by atoms with Gasteiger partial charge in [-0.1, -0.05) is 23.8 Å². The van der Waals surface area contributed by atoms with Gasteiger partial charge in [0.1, 0.15) is 17.3 Å². The number of amides is 1. The van der Waals surface area contributed by atoms with Gasteiger partial charge in [-0.25, -0.2) is 4.99 Å². The van der Waals surface area contributed by atoms with Crippen molar-refractivity contribution in [3.05, 3.63) is 75.5 Å². The molecule has 0 saturated carbocycles. The Kier molecular flexibility index (Phi) is 5.47. The SMILES string of the molecule is Cc1ccc2c(c1)Oc1ccc(C)cc1C(N1CCN(C(=O)Cc3cccs3)C(C)C1)=N2. The first-order valence-corrected chi connectivity index (χ1v) is 11.9. The molecule has 2 aliphatic heterocycles. The standard InChI is InChI=1S/C26H27N3O2S/c1-17-7-9-23-21(13-17)26(27-22-8-6-18(2)14-24(22)31-23)28-10-11-29(19(3)16-28)25(30)15-20-5-4-12-32-20/h4-9,12-14,19H,10-11,15-16H2,1-3H3. The van der Waals surface area contributed by atoms with Gasteiger partial charge in [0.05, 0.1) is 12.0 Å². The van der Waals surface area contributed by atoms with E-state index < -0.39 is 0 Å². The molecule has 2 aliphatic rings. The zero-order valence-electron chi connectivity index (χ0n) is 18.7. The molecule has 1 unspecified atom stereocenters. The summed E-state index contributed by atoms with van der Waals surface area (Å²) in [6, 6.07) is 16.5. The van der Waals surface area contributed by atoms with Gasteiger partial charge in [0.2, 0.25) is 5.91 Å². The van der Waals surface area contributed by atoms with Crippen LogP contribution < -0.4 is 4.74 Å². The molecular weight excluding hydrogens is 418 g/mol. The van der Waals surface area contributed by atoms with E-state index in [4.69, 9.17) is 9.73 Å². The topological polar surface area (TPSA) is 45.1 Å². The fourth-order valence-electron chi connectivity index (χ4n) is 4.42. The van der Waals surface area contributed by atoms with E-state index >= 15 is 0 Å². The Labute approximate surface area is 193 Å². The summed E-state index contributed by atoms with van der Waals surface area (Å²) >= 11 is 1.64. The lowest BCUT2D eigenvalue weighted by Crippen LogP contribution is -2.55. The number of benzene rings is 2. The number of hydrogen-bond acceptors (Lipinski definition) is 5. The molecule has 5 rings (SSSR count). The number of thiophene rings is 1. The zero-order valence-corrected chi connectivity index (χ0v) is 19.5. The average molecular weight is 446 g/mol. The number of aliphatic imine (C=N–C) groups is 1. The molecule has 1 amide bonds. The van der Waals surface area contributed by atoms with Gasteiger partial charge in [0.15, 0.2) is 5.75 Å². The van der Waals surface area contributed by atoms with Gasteiger partial charge in [-0.2, -0.15) is 0 Å². The van der Waals surface area contributed by atoms with Crippen LogP contribution in [0.1, 0.15) is 28.5 Å². The molecule has 1 saturated heterocycles. The van der Waals surface area contributed by atoms with E-state index in [1.807, 2.05) is 40.6 Å². The van der Waals surface area contributed by atoms with Crippen LogP contribution in [0.4, 0.5) is 5.69 Å². The highest BCUT2D eigenvalue weighted by atomic mass is 32.1. The lowest BCUT2D eigenvalue weighted by Gasteiger charge is -2.41. The first-order chi connectivity index (χ1) is 15.5. The second-order valence-corrected chi connectivity index (χ2v) is 9.68. The number of amidine groups is 1. The maximum atomic E-state index is 12.9. The van der Waals surface area contributed by atoms with Crippen LogP contribution in [0.2, 0.25) is 0 Å². The Morgan fingerprint density at radius 2 is 1.91 bits per heavy atom. The van der Waals surface area contributed by atoms with E-state index in [9.17, 15) is 4.79 Å². The van der Waals surface area contributed by atoms with Gasteiger partial charge in [-0.05, 0) is 62.0 Å². The van der Waals surface area contributed by atoms with Crippen molar-refractivity contribution in [2.75, 3.05) is 19.6 Å². The minimum Gasteiger partial charge on any atom is -0.454 e. The monoisotopic (exact) mass is 445 g/mol. The summed E-state index contributed by atoms with van der Waals surface area (Å²) in [6.07, 6.45) is 0.478. The van der Waals surface area contributed by atoms with E-state index in [0.717, 1.165) is 52.1 Å². The van der Waals surface area contributed by atoms with Crippen LogP contribution in [0, 0.1) is 13.8 Å². The fourth-order valence-corrected chi connectivity index (χ4v) is 5.12. The van der Waals surface area contributed by atoms with Crippen molar-refractivity contribution in [3.63, 3.8) is 0 Å². The highest BCUT2D eigenvalue weighted by Gasteiger charge is 2.31. The molecule has 164 valence electrons. The Hall–Kier alpha value is -3.12. The van der Waals surface area contributed by atoms with Crippen LogP contribution in [0.25, 0.3) is 0 Å². The number of rotatable bonds is 2. The molecule has 6 heteroatoms. The number of fused-ring (bicyclic) bond motifs is 2. The zero-order chi connectivity index (χ0) is 22.2. The molecule has 1 fully saturated rings. The Bertz CT molecular complexity index is 1190. The second kappa shape index (κ2) is 8.43. The van der Waals surface area contributed by atoms with Crippen molar-refractivity contribution in [1.29, 1.82) is 0 Å². The van der Waals surface area contributed by atoms with Crippen LogP contribution in [0.15, 0.2) is 58.9 Å². The lowest BCUT2D eigenvalue weighted by atomic mass is 10.1. The van der Waals surface area contributed by atoms with Crippen molar-refractivity contribution in [2.45, 2.75) is 33.2 Å². The minimum absolute atomic E-state index is 0.105. The van der Waals surface area contributed by atoms with Gasteiger partial charge >= 0.3 is 0 Å². The van der Waals surface area contributed by atoms with Crippen molar-refractivity contribution in [1.82, 2.24) is 9.80 Å². The number of aryl methyl sites for hydroxylation is 2. The summed E-state index contributed by atoms with van der Waals surface area (Å²) < 4.78 is 6.30. The Morgan fingerprint density at radius 3 is 2.69 bits per heavy atom. The second-order valence-electron chi connectivity index (χ2n) is 8.65. The molecule has 0 radical (unpaired) electrons. The molecule has 1 aromatic heterocycles. The number of nitrogens with zero attached hydrogens (tertiary/aromatic N) is 3. The van der Waals surface area contributed by atoms with Crippen molar-refractivity contribution < 1.29 is 9.53 Å². The van der Waals surface area contributed by atoms with Gasteiger partial charge < -0.3 is 14.5 Å². The number of hydrogen-bond donors (Lipinski definition) is 0. The third-order valence-corrected chi connectivity index (χ3v) is 6.97. The molecule has 5 nitrogen and oxygen atoms in total. The first kappa shape index (κ1) is 20.8. The van der Waals surface area contributed by atoms with Crippen LogP contribution in [0.5, 0.6) is 11.5 Å². The fraction of sp³-hybridized carbons (Fsp3) is 0.308. The summed E-state index contributed by atoms with van der Waals surface area (Å²) in [7, 11) is 0. The summed E-state index contributed by atoms with van der Waals surface area (Å²) in [5.41, 5.74) is 4.15. The summed E-state index contributed by atoms with van der Waals surface area (Å²) in [5, 5.41) is 2.02. The normalized spacial score (nSPS) is 17.7. The number of carbonyl (C=O) groups is 1. The molecule has 1 atom stereocenters. The van der Waals surface area contributed by atoms with Gasteiger partial charge in [0, 0.05) is 30.6 Å².